The molecule has 0 saturated heterocycles. The van der Waals surface area contributed by atoms with Gasteiger partial charge in [-0.15, -0.1) is 0 Å². The maximum absolute atomic E-state index is 10.2. The lowest BCUT2D eigenvalue weighted by Crippen LogP contribution is -1.94. The van der Waals surface area contributed by atoms with Gasteiger partial charge in [-0.25, -0.2) is 4.98 Å². The Morgan fingerprint density at radius 1 is 1.36 bits per heavy atom. The molecule has 0 radical (unpaired) electrons. The number of hydrogen-bond donors (Lipinski definition) is 2. The minimum Gasteiger partial charge on any atom is -0.324 e. The molecule has 0 saturated carbocycles. The molecule has 0 bridgehead atoms. The maximum atomic E-state index is 10.2. The van der Waals surface area contributed by atoms with Crippen molar-refractivity contribution in [3.8, 4) is 0 Å². The third kappa shape index (κ3) is 1.35. The zero-order chi connectivity index (χ0) is 10.1. The van der Waals surface area contributed by atoms with Gasteiger partial charge in [-0.1, -0.05) is 0 Å². The van der Waals surface area contributed by atoms with Crippen LogP contribution >= 0.6 is 0 Å². The molecule has 0 aliphatic rings. The molecule has 1 heterocycles. The first-order chi connectivity index (χ1) is 6.70. The van der Waals surface area contributed by atoms with Crippen molar-refractivity contribution in [1.29, 1.82) is 0 Å². The molecule has 2 rings (SSSR count). The van der Waals surface area contributed by atoms with Crippen LogP contribution in [0, 0.1) is 13.8 Å². The lowest BCUT2D eigenvalue weighted by molar-refractivity contribution is -0.105. The molecular weight excluding hydrogens is 178 g/mol. The van der Waals surface area contributed by atoms with E-state index in [1.807, 2.05) is 26.0 Å². The van der Waals surface area contributed by atoms with Crippen molar-refractivity contribution in [2.75, 3.05) is 5.32 Å². The Balaban J connectivity index is 2.59. The summed E-state index contributed by atoms with van der Waals surface area (Å²) in [6.07, 6.45) is 0.609. The molecule has 4 heteroatoms. The van der Waals surface area contributed by atoms with E-state index in [1.165, 1.54) is 11.1 Å². The van der Waals surface area contributed by atoms with E-state index >= 15 is 0 Å². The Kier molecular flexibility index (Phi) is 1.96. The van der Waals surface area contributed by atoms with Gasteiger partial charge in [0.05, 0.1) is 11.0 Å². The van der Waals surface area contributed by atoms with Gasteiger partial charge in [-0.05, 0) is 37.1 Å². The SMILES string of the molecule is Cc1cc2nc(NC=O)[nH]c2cc1C. The first-order valence-electron chi connectivity index (χ1n) is 4.38. The van der Waals surface area contributed by atoms with Crippen LogP contribution in [0.25, 0.3) is 11.0 Å². The number of benzene rings is 1. The number of imidazole rings is 1. The molecule has 0 aliphatic heterocycles. The molecule has 14 heavy (non-hydrogen) atoms. The number of rotatable bonds is 2. The second-order valence-electron chi connectivity index (χ2n) is 3.30. The van der Waals surface area contributed by atoms with Gasteiger partial charge >= 0.3 is 0 Å². The van der Waals surface area contributed by atoms with E-state index in [9.17, 15) is 4.79 Å². The minimum atomic E-state index is 0.486. The number of hydrogen-bond acceptors (Lipinski definition) is 2. The molecule has 0 atom stereocenters. The smallest absolute Gasteiger partial charge is 0.213 e. The molecule has 2 aromatic rings. The van der Waals surface area contributed by atoms with E-state index in [0.717, 1.165) is 11.0 Å². The third-order valence-corrected chi connectivity index (χ3v) is 2.29. The van der Waals surface area contributed by atoms with Crippen LogP contribution in [0.3, 0.4) is 0 Å². The Morgan fingerprint density at radius 2 is 2.07 bits per heavy atom. The van der Waals surface area contributed by atoms with Crippen molar-refractivity contribution >= 4 is 23.4 Å². The predicted molar refractivity (Wildman–Crippen MR) is 55.3 cm³/mol. The fraction of sp³-hybridized carbons (Fsp3) is 0.200. The molecule has 1 aromatic heterocycles. The number of carbonyl (C=O) groups excluding carboxylic acids is 1. The summed E-state index contributed by atoms with van der Waals surface area (Å²) in [5, 5.41) is 2.49. The minimum absolute atomic E-state index is 0.486. The summed E-state index contributed by atoms with van der Waals surface area (Å²) < 4.78 is 0. The highest BCUT2D eigenvalue weighted by atomic mass is 16.1. The second-order valence-corrected chi connectivity index (χ2v) is 3.30. The molecule has 1 aromatic carbocycles. The number of aromatic amines is 1. The van der Waals surface area contributed by atoms with Crippen LogP contribution in [0.2, 0.25) is 0 Å². The monoisotopic (exact) mass is 189 g/mol. The number of aromatic nitrogens is 2. The molecule has 0 spiro atoms. The molecule has 1 amide bonds. The van der Waals surface area contributed by atoms with Crippen LogP contribution in [0.4, 0.5) is 5.95 Å². The van der Waals surface area contributed by atoms with Gasteiger partial charge in [0.15, 0.2) is 0 Å². The van der Waals surface area contributed by atoms with E-state index in [0.29, 0.717) is 12.4 Å². The standard InChI is InChI=1S/C10H11N3O/c1-6-3-8-9(4-7(6)2)13-10(12-8)11-5-14/h3-5H,1-2H3,(H2,11,12,13,14). The Labute approximate surface area is 81.3 Å². The van der Waals surface area contributed by atoms with Crippen molar-refractivity contribution in [2.24, 2.45) is 0 Å². The number of anilines is 1. The average molecular weight is 189 g/mol. The van der Waals surface area contributed by atoms with Gasteiger partial charge in [0, 0.05) is 0 Å². The molecular formula is C10H11N3O. The second kappa shape index (κ2) is 3.14. The Hall–Kier alpha value is -1.84. The lowest BCUT2D eigenvalue weighted by atomic mass is 10.1. The van der Waals surface area contributed by atoms with Crippen molar-refractivity contribution in [1.82, 2.24) is 9.97 Å². The van der Waals surface area contributed by atoms with Gasteiger partial charge in [-0.3, -0.25) is 10.1 Å². The number of fused-ring (bicyclic) bond motifs is 1. The fourth-order valence-corrected chi connectivity index (χ4v) is 1.39. The van der Waals surface area contributed by atoms with Gasteiger partial charge in [0.1, 0.15) is 0 Å². The summed E-state index contributed by atoms with van der Waals surface area (Å²) in [5.74, 6) is 0.486. The van der Waals surface area contributed by atoms with Crippen molar-refractivity contribution in [3.63, 3.8) is 0 Å². The van der Waals surface area contributed by atoms with Gasteiger partial charge in [0.25, 0.3) is 0 Å². The summed E-state index contributed by atoms with van der Waals surface area (Å²) in [6, 6.07) is 4.02. The van der Waals surface area contributed by atoms with Crippen LogP contribution in [-0.4, -0.2) is 16.4 Å². The van der Waals surface area contributed by atoms with E-state index in [-0.39, 0.29) is 0 Å². The molecule has 0 fully saturated rings. The molecule has 0 unspecified atom stereocenters. The molecule has 2 N–H and O–H groups in total. The Bertz CT molecular complexity index is 448. The van der Waals surface area contributed by atoms with Crippen LogP contribution < -0.4 is 5.32 Å². The summed E-state index contributed by atoms with van der Waals surface area (Å²) in [5.41, 5.74) is 4.22. The molecule has 0 aliphatic carbocycles. The summed E-state index contributed by atoms with van der Waals surface area (Å²) in [4.78, 5) is 17.4. The number of nitrogens with one attached hydrogen (secondary N) is 2. The van der Waals surface area contributed by atoms with Crippen LogP contribution in [0.5, 0.6) is 0 Å². The average Bonchev–Trinajstić information content (AvgIpc) is 2.48. The van der Waals surface area contributed by atoms with E-state index in [2.05, 4.69) is 15.3 Å². The Morgan fingerprint density at radius 3 is 2.79 bits per heavy atom. The molecule has 4 nitrogen and oxygen atoms in total. The van der Waals surface area contributed by atoms with Crippen molar-refractivity contribution < 1.29 is 4.79 Å². The van der Waals surface area contributed by atoms with E-state index in [1.54, 1.807) is 0 Å². The van der Waals surface area contributed by atoms with E-state index < -0.39 is 0 Å². The van der Waals surface area contributed by atoms with Gasteiger partial charge in [0.2, 0.25) is 12.4 Å². The fourth-order valence-electron chi connectivity index (χ4n) is 1.39. The zero-order valence-electron chi connectivity index (χ0n) is 8.09. The van der Waals surface area contributed by atoms with Crippen LogP contribution in [0.1, 0.15) is 11.1 Å². The largest absolute Gasteiger partial charge is 0.324 e. The van der Waals surface area contributed by atoms with Crippen molar-refractivity contribution in [3.05, 3.63) is 23.3 Å². The first-order valence-corrected chi connectivity index (χ1v) is 4.38. The van der Waals surface area contributed by atoms with E-state index in [4.69, 9.17) is 0 Å². The highest BCUT2D eigenvalue weighted by Crippen LogP contribution is 2.18. The molecule has 72 valence electrons. The van der Waals surface area contributed by atoms with Crippen LogP contribution in [0.15, 0.2) is 12.1 Å². The predicted octanol–water partition coefficient (Wildman–Crippen LogP) is 1.75. The summed E-state index contributed by atoms with van der Waals surface area (Å²) in [6.45, 7) is 4.08. The summed E-state index contributed by atoms with van der Waals surface area (Å²) in [7, 11) is 0. The van der Waals surface area contributed by atoms with Gasteiger partial charge < -0.3 is 4.98 Å². The number of amides is 1. The normalized spacial score (nSPS) is 10.4. The van der Waals surface area contributed by atoms with Crippen molar-refractivity contribution in [2.45, 2.75) is 13.8 Å². The first kappa shape index (κ1) is 8.74. The number of carbonyl (C=O) groups is 1. The third-order valence-electron chi connectivity index (χ3n) is 2.29. The quantitative estimate of drug-likeness (QED) is 0.707. The number of H-pyrrole nitrogens is 1. The summed E-state index contributed by atoms with van der Waals surface area (Å²) >= 11 is 0. The number of aryl methyl sites for hydroxylation is 2. The van der Waals surface area contributed by atoms with Crippen LogP contribution in [-0.2, 0) is 4.79 Å². The maximum Gasteiger partial charge on any atom is 0.213 e. The number of nitrogens with zero attached hydrogens (tertiary/aromatic N) is 1. The lowest BCUT2D eigenvalue weighted by Gasteiger charge is -1.97. The highest BCUT2D eigenvalue weighted by Gasteiger charge is 2.03. The zero-order valence-corrected chi connectivity index (χ0v) is 8.09. The topological polar surface area (TPSA) is 57.8 Å². The van der Waals surface area contributed by atoms with Gasteiger partial charge in [-0.2, -0.15) is 0 Å². The highest BCUT2D eigenvalue weighted by molar-refractivity contribution is 5.81.